The van der Waals surface area contributed by atoms with Gasteiger partial charge in [-0.15, -0.1) is 5.92 Å². The van der Waals surface area contributed by atoms with E-state index in [1.54, 1.807) is 6.92 Å². The zero-order valence-electron chi connectivity index (χ0n) is 7.13. The summed E-state index contributed by atoms with van der Waals surface area (Å²) in [5.41, 5.74) is 4.87. The van der Waals surface area contributed by atoms with E-state index in [-0.39, 0.29) is 10.0 Å². The smallest absolute Gasteiger partial charge is 0.405 e. The fraction of sp³-hybridized carbons (Fsp3) is 0.625. The Morgan fingerprint density at radius 3 is 2.67 bits per heavy atom. The Morgan fingerprint density at radius 1 is 1.75 bits per heavy atom. The van der Waals surface area contributed by atoms with E-state index in [1.807, 2.05) is 29.5 Å². The van der Waals surface area contributed by atoms with Crippen LogP contribution in [0.15, 0.2) is 0 Å². The fourth-order valence-electron chi connectivity index (χ4n) is 0.731. The van der Waals surface area contributed by atoms with Gasteiger partial charge < -0.3 is 10.5 Å². The molecule has 2 N–H and O–H groups in total. The van der Waals surface area contributed by atoms with E-state index in [0.717, 1.165) is 6.42 Å². The summed E-state index contributed by atoms with van der Waals surface area (Å²) in [4.78, 5) is 10.4. The van der Waals surface area contributed by atoms with Gasteiger partial charge in [0.25, 0.3) is 0 Å². The average Bonchev–Trinajstić information content (AvgIpc) is 1.98. The summed E-state index contributed by atoms with van der Waals surface area (Å²) in [7, 11) is 0. The van der Waals surface area contributed by atoms with Crippen molar-refractivity contribution in [2.45, 2.75) is 24.4 Å². The van der Waals surface area contributed by atoms with Crippen LogP contribution in [-0.2, 0) is 4.74 Å². The maximum Gasteiger partial charge on any atom is 0.405 e. The third-order valence-corrected chi connectivity index (χ3v) is 2.44. The molecule has 0 saturated heterocycles. The Bertz CT molecular complexity index is 207. The van der Waals surface area contributed by atoms with Crippen molar-refractivity contribution in [1.82, 2.24) is 0 Å². The number of carbonyl (C=O) groups is 1. The second-order valence-corrected chi connectivity index (χ2v) is 3.42. The van der Waals surface area contributed by atoms with Crippen LogP contribution in [0.3, 0.4) is 0 Å². The predicted molar refractivity (Wildman–Crippen MR) is 55.7 cm³/mol. The summed E-state index contributed by atoms with van der Waals surface area (Å²) < 4.78 is 4.53. The zero-order valence-corrected chi connectivity index (χ0v) is 9.29. The second kappa shape index (κ2) is 6.12. The highest BCUT2D eigenvalue weighted by Gasteiger charge is 2.17. The summed E-state index contributed by atoms with van der Waals surface area (Å²) in [6, 6.07) is 0. The molecule has 4 heteroatoms. The van der Waals surface area contributed by atoms with Crippen LogP contribution in [-0.4, -0.2) is 10.2 Å². The Morgan fingerprint density at radius 2 is 2.33 bits per heavy atom. The maximum absolute atomic E-state index is 10.4. The molecule has 0 aliphatic heterocycles. The molecule has 0 aromatic heterocycles. The number of carbonyl (C=O) groups excluding carboxylic acids is 1. The SMILES string of the molecule is CC#CC(CC)C(I)OC(N)=O. The number of alkyl halides is 1. The van der Waals surface area contributed by atoms with Crippen molar-refractivity contribution in [1.29, 1.82) is 0 Å². The normalized spacial score (nSPS) is 13.9. The topological polar surface area (TPSA) is 52.3 Å². The summed E-state index contributed by atoms with van der Waals surface area (Å²) >= 11 is 2.02. The van der Waals surface area contributed by atoms with E-state index >= 15 is 0 Å². The van der Waals surface area contributed by atoms with Gasteiger partial charge in [-0.05, 0) is 35.9 Å². The molecule has 3 nitrogen and oxygen atoms in total. The van der Waals surface area contributed by atoms with E-state index in [9.17, 15) is 4.79 Å². The quantitative estimate of drug-likeness (QED) is 0.488. The van der Waals surface area contributed by atoms with E-state index < -0.39 is 6.09 Å². The van der Waals surface area contributed by atoms with Gasteiger partial charge in [0.1, 0.15) is 0 Å². The molecule has 0 fully saturated rings. The fourth-order valence-corrected chi connectivity index (χ4v) is 1.67. The third kappa shape index (κ3) is 4.44. The largest absolute Gasteiger partial charge is 0.434 e. The molecule has 0 aliphatic carbocycles. The van der Waals surface area contributed by atoms with Gasteiger partial charge in [-0.2, -0.15) is 0 Å². The molecule has 2 atom stereocenters. The molecule has 68 valence electrons. The van der Waals surface area contributed by atoms with Gasteiger partial charge in [-0.1, -0.05) is 12.8 Å². The van der Waals surface area contributed by atoms with Crippen molar-refractivity contribution in [2.24, 2.45) is 11.7 Å². The molecule has 0 aromatic rings. The molecule has 2 unspecified atom stereocenters. The summed E-state index contributed by atoms with van der Waals surface area (Å²) in [5.74, 6) is 5.81. The van der Waals surface area contributed by atoms with Crippen LogP contribution in [0.4, 0.5) is 4.79 Å². The highest BCUT2D eigenvalue weighted by Crippen LogP contribution is 2.17. The highest BCUT2D eigenvalue weighted by atomic mass is 127. The van der Waals surface area contributed by atoms with Gasteiger partial charge in [0.2, 0.25) is 0 Å². The number of ether oxygens (including phenoxy) is 1. The number of primary amides is 1. The van der Waals surface area contributed by atoms with E-state index in [0.29, 0.717) is 0 Å². The van der Waals surface area contributed by atoms with Crippen molar-refractivity contribution in [3.05, 3.63) is 0 Å². The molecule has 0 heterocycles. The summed E-state index contributed by atoms with van der Waals surface area (Å²) in [6.07, 6.45) is 0.104. The zero-order chi connectivity index (χ0) is 9.56. The van der Waals surface area contributed by atoms with Crippen LogP contribution in [0.1, 0.15) is 20.3 Å². The molecule has 0 aromatic carbocycles. The number of halogens is 1. The molecule has 0 spiro atoms. The minimum absolute atomic E-state index is 0.0723. The molecule has 12 heavy (non-hydrogen) atoms. The molecule has 0 aliphatic rings. The predicted octanol–water partition coefficient (Wildman–Crippen LogP) is 1.89. The van der Waals surface area contributed by atoms with Crippen molar-refractivity contribution < 1.29 is 9.53 Å². The molecule has 0 bridgehead atoms. The molecule has 0 saturated carbocycles. The van der Waals surface area contributed by atoms with Crippen LogP contribution in [0.2, 0.25) is 0 Å². The standard InChI is InChI=1S/C8H12INO2/c1-3-5-6(4-2)7(9)12-8(10)11/h6-7H,4H2,1-2H3,(H2,10,11). The van der Waals surface area contributed by atoms with Gasteiger partial charge in [0.15, 0.2) is 4.11 Å². The number of amides is 1. The number of nitrogens with two attached hydrogens (primary N) is 1. The second-order valence-electron chi connectivity index (χ2n) is 2.20. The van der Waals surface area contributed by atoms with Crippen LogP contribution in [0.25, 0.3) is 0 Å². The number of rotatable bonds is 3. The van der Waals surface area contributed by atoms with Crippen molar-refractivity contribution >= 4 is 28.7 Å². The van der Waals surface area contributed by atoms with Gasteiger partial charge >= 0.3 is 6.09 Å². The average molecular weight is 281 g/mol. The summed E-state index contributed by atoms with van der Waals surface area (Å²) in [6.45, 7) is 3.75. The minimum Gasteiger partial charge on any atom is -0.434 e. The first-order valence-corrected chi connectivity index (χ1v) is 4.88. The number of hydrogen-bond acceptors (Lipinski definition) is 2. The third-order valence-electron chi connectivity index (χ3n) is 1.31. The molecule has 0 radical (unpaired) electrons. The van der Waals surface area contributed by atoms with Gasteiger partial charge in [0.05, 0.1) is 5.92 Å². The lowest BCUT2D eigenvalue weighted by molar-refractivity contribution is 0.137. The number of hydrogen-bond donors (Lipinski definition) is 1. The Kier molecular flexibility index (Phi) is 5.89. The van der Waals surface area contributed by atoms with Crippen LogP contribution < -0.4 is 5.73 Å². The van der Waals surface area contributed by atoms with Gasteiger partial charge in [-0.25, -0.2) is 4.79 Å². The van der Waals surface area contributed by atoms with Gasteiger partial charge in [-0.3, -0.25) is 0 Å². The van der Waals surface area contributed by atoms with Crippen molar-refractivity contribution in [2.75, 3.05) is 0 Å². The summed E-state index contributed by atoms with van der Waals surface area (Å²) in [5, 5.41) is 0. The Labute approximate surface area is 86.2 Å². The Hall–Kier alpha value is -0.440. The lowest BCUT2D eigenvalue weighted by Gasteiger charge is -2.14. The van der Waals surface area contributed by atoms with Gasteiger partial charge in [0, 0.05) is 0 Å². The van der Waals surface area contributed by atoms with Crippen molar-refractivity contribution in [3.8, 4) is 11.8 Å². The van der Waals surface area contributed by atoms with Crippen LogP contribution in [0.5, 0.6) is 0 Å². The first-order valence-electron chi connectivity index (χ1n) is 3.64. The molecular formula is C8H12INO2. The molecular weight excluding hydrogens is 269 g/mol. The van der Waals surface area contributed by atoms with Crippen LogP contribution in [0, 0.1) is 17.8 Å². The van der Waals surface area contributed by atoms with Crippen molar-refractivity contribution in [3.63, 3.8) is 0 Å². The first kappa shape index (κ1) is 11.6. The van der Waals surface area contributed by atoms with E-state index in [1.165, 1.54) is 0 Å². The molecule has 1 amide bonds. The van der Waals surface area contributed by atoms with Crippen LogP contribution >= 0.6 is 22.6 Å². The van der Waals surface area contributed by atoms with E-state index in [4.69, 9.17) is 10.5 Å². The highest BCUT2D eigenvalue weighted by molar-refractivity contribution is 14.1. The molecule has 0 rings (SSSR count). The lowest BCUT2D eigenvalue weighted by atomic mass is 10.1. The minimum atomic E-state index is -0.745. The Balaban J connectivity index is 4.08. The lowest BCUT2D eigenvalue weighted by Crippen LogP contribution is -2.23. The van der Waals surface area contributed by atoms with E-state index in [2.05, 4.69) is 11.8 Å². The maximum atomic E-state index is 10.4. The monoisotopic (exact) mass is 281 g/mol. The first-order chi connectivity index (χ1) is 5.61.